The molecule has 21 heavy (non-hydrogen) atoms. The van der Waals surface area contributed by atoms with Crippen molar-refractivity contribution in [2.24, 2.45) is 0 Å². The fourth-order valence-electron chi connectivity index (χ4n) is 1.51. The van der Waals surface area contributed by atoms with Gasteiger partial charge in [0.15, 0.2) is 12.4 Å². The van der Waals surface area contributed by atoms with Crippen molar-refractivity contribution in [3.05, 3.63) is 52.5 Å². The molecule has 0 fully saturated rings. The van der Waals surface area contributed by atoms with Crippen molar-refractivity contribution >= 4 is 66.3 Å². The highest BCUT2D eigenvalue weighted by atomic mass is 79.9. The number of halogens is 3. The lowest BCUT2D eigenvalue weighted by Crippen LogP contribution is -2.12. The van der Waals surface area contributed by atoms with Crippen molar-refractivity contribution < 1.29 is 14.5 Å². The van der Waals surface area contributed by atoms with E-state index < -0.39 is 4.92 Å². The lowest BCUT2D eigenvalue weighted by molar-refractivity contribution is -0.385. The zero-order chi connectivity index (χ0) is 15.6. The van der Waals surface area contributed by atoms with Crippen LogP contribution in [0.5, 0.6) is 5.75 Å². The molecule has 0 aliphatic rings. The zero-order valence-corrected chi connectivity index (χ0v) is 14.9. The molecular formula is C12H6Br2ClNO4S. The molecule has 9 heteroatoms. The summed E-state index contributed by atoms with van der Waals surface area (Å²) in [5, 5.41) is 11.1. The van der Waals surface area contributed by atoms with Crippen molar-refractivity contribution in [3.8, 4) is 5.75 Å². The Morgan fingerprint density at radius 2 is 2.10 bits per heavy atom. The van der Waals surface area contributed by atoms with E-state index >= 15 is 0 Å². The van der Waals surface area contributed by atoms with Crippen molar-refractivity contribution in [2.45, 2.75) is 0 Å². The van der Waals surface area contributed by atoms with Gasteiger partial charge in [-0.25, -0.2) is 0 Å². The third-order valence-corrected chi connectivity index (χ3v) is 5.01. The van der Waals surface area contributed by atoms with Crippen LogP contribution in [0.4, 0.5) is 5.69 Å². The molecule has 110 valence electrons. The molecule has 0 spiro atoms. The van der Waals surface area contributed by atoms with Gasteiger partial charge in [0.1, 0.15) is 0 Å². The highest BCUT2D eigenvalue weighted by Gasteiger charge is 2.19. The Kier molecular flexibility index (Phi) is 5.37. The number of carbonyl (C=O) groups is 1. The molecule has 0 atom stereocenters. The fourth-order valence-corrected chi connectivity index (χ4v) is 4.53. The van der Waals surface area contributed by atoms with Crippen LogP contribution in [-0.2, 0) is 0 Å². The highest BCUT2D eigenvalue weighted by molar-refractivity contribution is 9.12. The van der Waals surface area contributed by atoms with Gasteiger partial charge < -0.3 is 4.74 Å². The van der Waals surface area contributed by atoms with Crippen LogP contribution in [0.15, 0.2) is 31.8 Å². The number of ketones is 1. The highest BCUT2D eigenvalue weighted by Crippen LogP contribution is 2.33. The number of rotatable bonds is 5. The van der Waals surface area contributed by atoms with Gasteiger partial charge in [-0.3, -0.25) is 14.9 Å². The first-order valence-corrected chi connectivity index (χ1v) is 8.21. The summed E-state index contributed by atoms with van der Waals surface area (Å²) >= 11 is 13.6. The Morgan fingerprint density at radius 3 is 2.67 bits per heavy atom. The van der Waals surface area contributed by atoms with Crippen LogP contribution in [0.25, 0.3) is 0 Å². The topological polar surface area (TPSA) is 69.4 Å². The Hall–Kier alpha value is -0.960. The van der Waals surface area contributed by atoms with Crippen LogP contribution in [0.1, 0.15) is 10.4 Å². The van der Waals surface area contributed by atoms with Gasteiger partial charge in [0.05, 0.1) is 12.5 Å². The maximum Gasteiger partial charge on any atom is 0.312 e. The Bertz CT molecular complexity index is 719. The Labute approximate surface area is 145 Å². The van der Waals surface area contributed by atoms with Gasteiger partial charge >= 0.3 is 5.69 Å². The van der Waals surface area contributed by atoms with Gasteiger partial charge in [-0.05, 0) is 50.1 Å². The minimum atomic E-state index is -0.608. The number of nitro groups is 1. The molecule has 0 N–H and O–H groups in total. The smallest absolute Gasteiger partial charge is 0.312 e. The van der Waals surface area contributed by atoms with Crippen molar-refractivity contribution in [1.82, 2.24) is 0 Å². The van der Waals surface area contributed by atoms with Gasteiger partial charge in [-0.1, -0.05) is 11.6 Å². The monoisotopic (exact) mass is 453 g/mol. The van der Waals surface area contributed by atoms with Gasteiger partial charge in [0, 0.05) is 16.7 Å². The second-order valence-corrected chi connectivity index (χ2v) is 8.00. The number of thiophene rings is 1. The molecule has 0 aliphatic carbocycles. The molecule has 0 radical (unpaired) electrons. The third-order valence-electron chi connectivity index (χ3n) is 2.43. The van der Waals surface area contributed by atoms with E-state index in [2.05, 4.69) is 31.9 Å². The van der Waals surface area contributed by atoms with E-state index in [4.69, 9.17) is 16.3 Å². The molecule has 0 amide bonds. The first-order valence-electron chi connectivity index (χ1n) is 5.43. The Morgan fingerprint density at radius 1 is 1.38 bits per heavy atom. The average molecular weight is 456 g/mol. The van der Waals surface area contributed by atoms with Gasteiger partial charge in [-0.15, -0.1) is 11.3 Å². The van der Waals surface area contributed by atoms with E-state index in [0.717, 1.165) is 3.79 Å². The summed E-state index contributed by atoms with van der Waals surface area (Å²) in [6.45, 7) is -0.301. The molecule has 1 aromatic carbocycles. The summed E-state index contributed by atoms with van der Waals surface area (Å²) in [7, 11) is 0. The number of nitro benzene ring substituents is 1. The quantitative estimate of drug-likeness (QED) is 0.358. The van der Waals surface area contributed by atoms with Crippen LogP contribution in [0.2, 0.25) is 5.02 Å². The summed E-state index contributed by atoms with van der Waals surface area (Å²) in [6, 6.07) is 5.67. The third kappa shape index (κ3) is 4.03. The second-order valence-electron chi connectivity index (χ2n) is 3.82. The number of carbonyl (C=O) groups excluding carboxylic acids is 1. The maximum atomic E-state index is 12.0. The van der Waals surface area contributed by atoms with Crippen molar-refractivity contribution in [2.75, 3.05) is 6.61 Å². The largest absolute Gasteiger partial charge is 0.478 e. The lowest BCUT2D eigenvalue weighted by atomic mass is 10.2. The summed E-state index contributed by atoms with van der Waals surface area (Å²) in [4.78, 5) is 22.3. The number of ether oxygens (including phenoxy) is 1. The number of hydrogen-bond acceptors (Lipinski definition) is 5. The summed E-state index contributed by atoms with van der Waals surface area (Å²) in [5.41, 5.74) is 0.185. The molecule has 0 unspecified atom stereocenters. The fraction of sp³-hybridized carbons (Fsp3) is 0.0833. The van der Waals surface area contributed by atoms with E-state index in [0.29, 0.717) is 9.35 Å². The van der Waals surface area contributed by atoms with Crippen LogP contribution in [0, 0.1) is 10.1 Å². The SMILES string of the molecule is O=C(COc1ccc(Cl)cc1[N+](=O)[O-])c1cc(Br)sc1Br. The number of nitrogens with zero attached hydrogens (tertiary/aromatic N) is 1. The molecular weight excluding hydrogens is 449 g/mol. The summed E-state index contributed by atoms with van der Waals surface area (Å²) in [5.74, 6) is -0.281. The second kappa shape index (κ2) is 6.87. The zero-order valence-electron chi connectivity index (χ0n) is 10.1. The molecule has 2 aromatic rings. The molecule has 1 aromatic heterocycles. The van der Waals surface area contributed by atoms with Crippen LogP contribution < -0.4 is 4.74 Å². The van der Waals surface area contributed by atoms with E-state index in [9.17, 15) is 14.9 Å². The van der Waals surface area contributed by atoms with Crippen LogP contribution in [-0.4, -0.2) is 17.3 Å². The molecule has 2 rings (SSSR count). The molecule has 1 heterocycles. The summed E-state index contributed by atoms with van der Waals surface area (Å²) in [6.07, 6.45) is 0. The van der Waals surface area contributed by atoms with Gasteiger partial charge in [-0.2, -0.15) is 0 Å². The number of benzene rings is 1. The first kappa shape index (κ1) is 16.4. The lowest BCUT2D eigenvalue weighted by Gasteiger charge is -2.06. The first-order chi connectivity index (χ1) is 9.88. The molecule has 0 saturated heterocycles. The van der Waals surface area contributed by atoms with E-state index in [1.807, 2.05) is 0 Å². The van der Waals surface area contributed by atoms with Crippen molar-refractivity contribution in [1.29, 1.82) is 0 Å². The predicted octanol–water partition coefficient (Wildman–Crippen LogP) is 5.10. The normalized spacial score (nSPS) is 10.4. The van der Waals surface area contributed by atoms with E-state index in [-0.39, 0.29) is 28.8 Å². The van der Waals surface area contributed by atoms with Crippen LogP contribution in [0.3, 0.4) is 0 Å². The molecule has 0 saturated carbocycles. The van der Waals surface area contributed by atoms with Gasteiger partial charge in [0.25, 0.3) is 0 Å². The molecule has 0 bridgehead atoms. The van der Waals surface area contributed by atoms with E-state index in [1.54, 1.807) is 6.07 Å². The molecule has 5 nitrogen and oxygen atoms in total. The Balaban J connectivity index is 2.15. The van der Waals surface area contributed by atoms with Crippen molar-refractivity contribution in [3.63, 3.8) is 0 Å². The number of hydrogen-bond donors (Lipinski definition) is 0. The van der Waals surface area contributed by atoms with Crippen LogP contribution >= 0.6 is 54.8 Å². The van der Waals surface area contributed by atoms with E-state index in [1.165, 1.54) is 29.5 Å². The minimum Gasteiger partial charge on any atom is -0.478 e. The minimum absolute atomic E-state index is 0.00293. The standard InChI is InChI=1S/C12H6Br2ClNO4S/c13-11-4-7(12(14)21-11)9(17)5-20-10-2-1-6(15)3-8(10)16(18)19/h1-4H,5H2. The molecule has 0 aliphatic heterocycles. The number of Topliss-reactive ketones (excluding diaryl/α,β-unsaturated/α-hetero) is 1. The predicted molar refractivity (Wildman–Crippen MR) is 87.7 cm³/mol. The maximum absolute atomic E-state index is 12.0. The average Bonchev–Trinajstić information content (AvgIpc) is 2.75. The van der Waals surface area contributed by atoms with Gasteiger partial charge in [0.2, 0.25) is 5.78 Å². The summed E-state index contributed by atoms with van der Waals surface area (Å²) < 4.78 is 6.73.